The summed E-state index contributed by atoms with van der Waals surface area (Å²) in [6.45, 7) is 5.99. The number of benzene rings is 2. The van der Waals surface area contributed by atoms with Crippen LogP contribution in [-0.2, 0) is 11.3 Å². The van der Waals surface area contributed by atoms with Crippen molar-refractivity contribution < 1.29 is 9.53 Å². The molecule has 2 aromatic rings. The van der Waals surface area contributed by atoms with Crippen LogP contribution < -0.4 is 4.74 Å². The van der Waals surface area contributed by atoms with Crippen LogP contribution >= 0.6 is 23.2 Å². The van der Waals surface area contributed by atoms with E-state index in [9.17, 15) is 4.79 Å². The van der Waals surface area contributed by atoms with Gasteiger partial charge < -0.3 is 9.64 Å². The van der Waals surface area contributed by atoms with E-state index in [-0.39, 0.29) is 12.5 Å². The van der Waals surface area contributed by atoms with Gasteiger partial charge in [-0.1, -0.05) is 35.3 Å². The Morgan fingerprint density at radius 3 is 2.31 bits per heavy atom. The Morgan fingerprint density at radius 1 is 1.00 bits per heavy atom. The van der Waals surface area contributed by atoms with E-state index < -0.39 is 0 Å². The van der Waals surface area contributed by atoms with Crippen molar-refractivity contribution in [2.75, 3.05) is 32.8 Å². The Hall–Kier alpha value is -1.75. The number of aryl methyl sites for hydroxylation is 1. The molecule has 1 aliphatic rings. The zero-order valence-corrected chi connectivity index (χ0v) is 16.3. The van der Waals surface area contributed by atoms with Crippen LogP contribution in [0.4, 0.5) is 0 Å². The fourth-order valence-electron chi connectivity index (χ4n) is 3.01. The SMILES string of the molecule is Cc1cc(Cl)ccc1OCC(=O)N1CCN(Cc2ccc(Cl)cc2)CC1. The highest BCUT2D eigenvalue weighted by Gasteiger charge is 2.21. The smallest absolute Gasteiger partial charge is 0.260 e. The van der Waals surface area contributed by atoms with Crippen LogP contribution in [0.1, 0.15) is 11.1 Å². The van der Waals surface area contributed by atoms with E-state index in [1.54, 1.807) is 12.1 Å². The van der Waals surface area contributed by atoms with Crippen molar-refractivity contribution in [3.05, 3.63) is 63.6 Å². The van der Waals surface area contributed by atoms with Crippen molar-refractivity contribution in [1.29, 1.82) is 0 Å². The van der Waals surface area contributed by atoms with E-state index in [0.717, 1.165) is 43.3 Å². The van der Waals surface area contributed by atoms with Crippen molar-refractivity contribution >= 4 is 29.1 Å². The molecule has 1 aliphatic heterocycles. The van der Waals surface area contributed by atoms with Crippen molar-refractivity contribution in [1.82, 2.24) is 9.80 Å². The molecule has 1 amide bonds. The number of rotatable bonds is 5. The van der Waals surface area contributed by atoms with Gasteiger partial charge in [0.15, 0.2) is 6.61 Å². The second-order valence-electron chi connectivity index (χ2n) is 6.48. The highest BCUT2D eigenvalue weighted by molar-refractivity contribution is 6.30. The lowest BCUT2D eigenvalue weighted by atomic mass is 10.2. The number of ether oxygens (including phenoxy) is 1. The Morgan fingerprint density at radius 2 is 1.65 bits per heavy atom. The fraction of sp³-hybridized carbons (Fsp3) is 0.350. The van der Waals surface area contributed by atoms with Crippen molar-refractivity contribution in [2.24, 2.45) is 0 Å². The summed E-state index contributed by atoms with van der Waals surface area (Å²) < 4.78 is 5.66. The third-order valence-corrected chi connectivity index (χ3v) is 5.02. The molecule has 0 aliphatic carbocycles. The second-order valence-corrected chi connectivity index (χ2v) is 7.35. The average molecular weight is 393 g/mol. The lowest BCUT2D eigenvalue weighted by Gasteiger charge is -2.34. The van der Waals surface area contributed by atoms with Gasteiger partial charge in [0, 0.05) is 42.8 Å². The standard InChI is InChI=1S/C20H22Cl2N2O2/c1-15-12-18(22)6-7-19(15)26-14-20(25)24-10-8-23(9-11-24)13-16-2-4-17(21)5-3-16/h2-7,12H,8-11,13-14H2,1H3. The number of hydrogen-bond acceptors (Lipinski definition) is 3. The number of carbonyl (C=O) groups is 1. The van der Waals surface area contributed by atoms with E-state index in [1.807, 2.05) is 42.2 Å². The maximum atomic E-state index is 12.4. The van der Waals surface area contributed by atoms with Crippen molar-refractivity contribution in [3.63, 3.8) is 0 Å². The molecule has 0 N–H and O–H groups in total. The Bertz CT molecular complexity index is 757. The predicted octanol–water partition coefficient (Wildman–Crippen LogP) is 4.03. The molecule has 0 bridgehead atoms. The molecule has 0 saturated carbocycles. The molecular weight excluding hydrogens is 371 g/mol. The Labute approximate surface area is 164 Å². The quantitative estimate of drug-likeness (QED) is 0.769. The topological polar surface area (TPSA) is 32.8 Å². The monoisotopic (exact) mass is 392 g/mol. The molecule has 1 heterocycles. The van der Waals surface area contributed by atoms with Crippen LogP contribution in [0.5, 0.6) is 5.75 Å². The molecule has 0 radical (unpaired) electrons. The molecule has 1 fully saturated rings. The molecule has 0 unspecified atom stereocenters. The normalized spacial score (nSPS) is 15.1. The third-order valence-electron chi connectivity index (χ3n) is 4.53. The van der Waals surface area contributed by atoms with Crippen LogP contribution in [0, 0.1) is 6.92 Å². The van der Waals surface area contributed by atoms with Crippen LogP contribution in [0.25, 0.3) is 0 Å². The number of piperazine rings is 1. The van der Waals surface area contributed by atoms with Gasteiger partial charge in [0.05, 0.1) is 0 Å². The Kier molecular flexibility index (Phi) is 6.41. The fourth-order valence-corrected chi connectivity index (χ4v) is 3.36. The highest BCUT2D eigenvalue weighted by atomic mass is 35.5. The van der Waals surface area contributed by atoms with Gasteiger partial charge in [-0.3, -0.25) is 9.69 Å². The summed E-state index contributed by atoms with van der Waals surface area (Å²) in [6, 6.07) is 13.3. The number of nitrogens with zero attached hydrogens (tertiary/aromatic N) is 2. The molecule has 4 nitrogen and oxygen atoms in total. The summed E-state index contributed by atoms with van der Waals surface area (Å²) in [7, 11) is 0. The van der Waals surface area contributed by atoms with Crippen LogP contribution in [0.2, 0.25) is 10.0 Å². The predicted molar refractivity (Wildman–Crippen MR) is 105 cm³/mol. The summed E-state index contributed by atoms with van der Waals surface area (Å²) in [5, 5.41) is 1.41. The summed E-state index contributed by atoms with van der Waals surface area (Å²) in [4.78, 5) is 16.6. The Balaban J connectivity index is 1.45. The maximum Gasteiger partial charge on any atom is 0.260 e. The van der Waals surface area contributed by atoms with Gasteiger partial charge in [0.1, 0.15) is 5.75 Å². The van der Waals surface area contributed by atoms with Gasteiger partial charge in [-0.15, -0.1) is 0 Å². The number of carbonyl (C=O) groups excluding carboxylic acids is 1. The molecular formula is C20H22Cl2N2O2. The molecule has 26 heavy (non-hydrogen) atoms. The van der Waals surface area contributed by atoms with E-state index in [4.69, 9.17) is 27.9 Å². The molecule has 3 rings (SSSR count). The summed E-state index contributed by atoms with van der Waals surface area (Å²) in [6.07, 6.45) is 0. The van der Waals surface area contributed by atoms with E-state index >= 15 is 0 Å². The molecule has 2 aromatic carbocycles. The van der Waals surface area contributed by atoms with Crippen LogP contribution in [-0.4, -0.2) is 48.5 Å². The summed E-state index contributed by atoms with van der Waals surface area (Å²) >= 11 is 11.9. The minimum absolute atomic E-state index is 0.0190. The van der Waals surface area contributed by atoms with Crippen LogP contribution in [0.15, 0.2) is 42.5 Å². The van der Waals surface area contributed by atoms with Gasteiger partial charge in [0.2, 0.25) is 0 Å². The van der Waals surface area contributed by atoms with Gasteiger partial charge in [0.25, 0.3) is 5.91 Å². The molecule has 1 saturated heterocycles. The zero-order chi connectivity index (χ0) is 18.5. The molecule has 138 valence electrons. The first-order valence-corrected chi connectivity index (χ1v) is 9.40. The number of halogens is 2. The average Bonchev–Trinajstić information content (AvgIpc) is 2.63. The highest BCUT2D eigenvalue weighted by Crippen LogP contribution is 2.22. The lowest BCUT2D eigenvalue weighted by molar-refractivity contribution is -0.135. The summed E-state index contributed by atoms with van der Waals surface area (Å²) in [5.41, 5.74) is 2.16. The van der Waals surface area contributed by atoms with Gasteiger partial charge in [-0.2, -0.15) is 0 Å². The van der Waals surface area contributed by atoms with Crippen molar-refractivity contribution in [3.8, 4) is 5.75 Å². The molecule has 0 atom stereocenters. The largest absolute Gasteiger partial charge is 0.483 e. The number of hydrogen-bond donors (Lipinski definition) is 0. The molecule has 0 spiro atoms. The van der Waals surface area contributed by atoms with Gasteiger partial charge in [-0.25, -0.2) is 0 Å². The van der Waals surface area contributed by atoms with Gasteiger partial charge in [-0.05, 0) is 48.4 Å². The first kappa shape index (κ1) is 19.0. The first-order valence-electron chi connectivity index (χ1n) is 8.65. The van der Waals surface area contributed by atoms with E-state index in [0.29, 0.717) is 10.8 Å². The number of amides is 1. The molecule has 0 aromatic heterocycles. The summed E-state index contributed by atoms with van der Waals surface area (Å²) in [5.74, 6) is 0.717. The van der Waals surface area contributed by atoms with Crippen molar-refractivity contribution in [2.45, 2.75) is 13.5 Å². The van der Waals surface area contributed by atoms with E-state index in [2.05, 4.69) is 4.90 Å². The lowest BCUT2D eigenvalue weighted by Crippen LogP contribution is -2.49. The first-order chi connectivity index (χ1) is 12.5. The minimum atomic E-state index is 0.0190. The van der Waals surface area contributed by atoms with Gasteiger partial charge >= 0.3 is 0 Å². The van der Waals surface area contributed by atoms with E-state index in [1.165, 1.54) is 5.56 Å². The zero-order valence-electron chi connectivity index (χ0n) is 14.8. The van der Waals surface area contributed by atoms with Crippen LogP contribution in [0.3, 0.4) is 0 Å². The second kappa shape index (κ2) is 8.76. The maximum absolute atomic E-state index is 12.4. The minimum Gasteiger partial charge on any atom is -0.483 e. The third kappa shape index (κ3) is 5.13. The molecule has 6 heteroatoms.